The number of methoxy groups -OCH3 is 1. The van der Waals surface area contributed by atoms with Crippen molar-refractivity contribution in [3.63, 3.8) is 0 Å². The molecule has 0 bridgehead atoms. The number of aliphatic hydroxyl groups excluding tert-OH is 2. The van der Waals surface area contributed by atoms with Crippen molar-refractivity contribution in [3.05, 3.63) is 0 Å². The zero-order chi connectivity index (χ0) is 10.9. The molecule has 5 atom stereocenters. The number of aliphatic hydroxyl groups is 3. The topological polar surface area (TPSA) is 79.2 Å². The molecule has 3 N–H and O–H groups in total. The van der Waals surface area contributed by atoms with E-state index in [-0.39, 0.29) is 12.5 Å². The van der Waals surface area contributed by atoms with Crippen molar-refractivity contribution >= 4 is 0 Å². The molecular weight excluding hydrogens is 188 g/mol. The van der Waals surface area contributed by atoms with E-state index in [0.717, 1.165) is 0 Å². The van der Waals surface area contributed by atoms with Crippen LogP contribution in [-0.2, 0) is 9.47 Å². The molecule has 14 heavy (non-hydrogen) atoms. The number of ether oxygens (including phenoxy) is 2. The zero-order valence-corrected chi connectivity index (χ0v) is 8.67. The van der Waals surface area contributed by atoms with Crippen molar-refractivity contribution in [2.24, 2.45) is 5.92 Å². The summed E-state index contributed by atoms with van der Waals surface area (Å²) < 4.78 is 10.2. The molecule has 0 aromatic rings. The van der Waals surface area contributed by atoms with Gasteiger partial charge in [0.25, 0.3) is 0 Å². The normalized spacial score (nSPS) is 49.3. The zero-order valence-electron chi connectivity index (χ0n) is 8.67. The molecule has 1 aliphatic heterocycles. The van der Waals surface area contributed by atoms with E-state index in [4.69, 9.17) is 14.6 Å². The van der Waals surface area contributed by atoms with Crippen LogP contribution in [0.5, 0.6) is 0 Å². The fourth-order valence-electron chi connectivity index (χ4n) is 1.80. The van der Waals surface area contributed by atoms with E-state index in [2.05, 4.69) is 0 Å². The van der Waals surface area contributed by atoms with Gasteiger partial charge >= 0.3 is 0 Å². The van der Waals surface area contributed by atoms with Gasteiger partial charge < -0.3 is 24.8 Å². The number of rotatable bonds is 2. The van der Waals surface area contributed by atoms with E-state index in [0.29, 0.717) is 0 Å². The second-order valence-corrected chi connectivity index (χ2v) is 3.95. The van der Waals surface area contributed by atoms with Crippen LogP contribution in [-0.4, -0.2) is 53.1 Å². The van der Waals surface area contributed by atoms with E-state index < -0.39 is 24.1 Å². The molecule has 0 amide bonds. The molecule has 0 unspecified atom stereocenters. The first-order valence-corrected chi connectivity index (χ1v) is 4.64. The van der Waals surface area contributed by atoms with Crippen molar-refractivity contribution in [3.8, 4) is 0 Å². The molecule has 1 rings (SSSR count). The van der Waals surface area contributed by atoms with Crippen LogP contribution < -0.4 is 0 Å². The largest absolute Gasteiger partial charge is 0.394 e. The van der Waals surface area contributed by atoms with Crippen LogP contribution in [0.15, 0.2) is 0 Å². The van der Waals surface area contributed by atoms with Crippen LogP contribution >= 0.6 is 0 Å². The predicted molar refractivity (Wildman–Crippen MR) is 48.6 cm³/mol. The van der Waals surface area contributed by atoms with E-state index >= 15 is 0 Å². The molecule has 0 saturated carbocycles. The molecule has 0 spiro atoms. The third kappa shape index (κ3) is 1.78. The molecule has 0 aliphatic carbocycles. The van der Waals surface area contributed by atoms with E-state index in [1.54, 1.807) is 6.92 Å². The Morgan fingerprint density at radius 1 is 1.50 bits per heavy atom. The molecule has 1 aliphatic rings. The van der Waals surface area contributed by atoms with Crippen LogP contribution in [0.2, 0.25) is 0 Å². The molecule has 1 saturated heterocycles. The van der Waals surface area contributed by atoms with Gasteiger partial charge in [-0.3, -0.25) is 0 Å². The highest BCUT2D eigenvalue weighted by Crippen LogP contribution is 2.33. The van der Waals surface area contributed by atoms with Crippen LogP contribution in [0.4, 0.5) is 0 Å². The van der Waals surface area contributed by atoms with Crippen molar-refractivity contribution in [2.75, 3.05) is 13.7 Å². The molecule has 0 aromatic carbocycles. The average Bonchev–Trinajstić information content (AvgIpc) is 2.15. The Balaban J connectivity index is 2.83. The third-order valence-corrected chi connectivity index (χ3v) is 2.85. The smallest absolute Gasteiger partial charge is 0.188 e. The SMILES string of the molecule is CO[C@@H]1O[C@H](CO)[C@H](C)[C@H](O)[C@]1(C)O. The lowest BCUT2D eigenvalue weighted by atomic mass is 9.83. The minimum atomic E-state index is -1.44. The van der Waals surface area contributed by atoms with Gasteiger partial charge in [0.05, 0.1) is 18.8 Å². The first kappa shape index (κ1) is 11.9. The Bertz CT molecular complexity index is 190. The van der Waals surface area contributed by atoms with Gasteiger partial charge in [0.15, 0.2) is 6.29 Å². The highest BCUT2D eigenvalue weighted by Gasteiger charge is 2.50. The average molecular weight is 206 g/mol. The van der Waals surface area contributed by atoms with Crippen LogP contribution in [0.3, 0.4) is 0 Å². The van der Waals surface area contributed by atoms with Gasteiger partial charge in [-0.05, 0) is 6.92 Å². The van der Waals surface area contributed by atoms with Crippen molar-refractivity contribution in [1.29, 1.82) is 0 Å². The maximum atomic E-state index is 9.90. The quantitative estimate of drug-likeness (QED) is 0.545. The third-order valence-electron chi connectivity index (χ3n) is 2.85. The second kappa shape index (κ2) is 4.12. The van der Waals surface area contributed by atoms with Gasteiger partial charge in [0, 0.05) is 13.0 Å². The minimum Gasteiger partial charge on any atom is -0.394 e. The van der Waals surface area contributed by atoms with Gasteiger partial charge in [-0.25, -0.2) is 0 Å². The Morgan fingerprint density at radius 2 is 2.07 bits per heavy atom. The fourth-order valence-corrected chi connectivity index (χ4v) is 1.80. The van der Waals surface area contributed by atoms with Crippen LogP contribution in [0.1, 0.15) is 13.8 Å². The van der Waals surface area contributed by atoms with Gasteiger partial charge in [-0.15, -0.1) is 0 Å². The summed E-state index contributed by atoms with van der Waals surface area (Å²) in [6, 6.07) is 0. The fraction of sp³-hybridized carbons (Fsp3) is 1.00. The van der Waals surface area contributed by atoms with Crippen LogP contribution in [0.25, 0.3) is 0 Å². The summed E-state index contributed by atoms with van der Waals surface area (Å²) in [6.45, 7) is 2.97. The Labute approximate surface area is 83.3 Å². The lowest BCUT2D eigenvalue weighted by molar-refractivity contribution is -0.318. The monoisotopic (exact) mass is 206 g/mol. The lowest BCUT2D eigenvalue weighted by Crippen LogP contribution is -2.62. The van der Waals surface area contributed by atoms with E-state index in [1.165, 1.54) is 14.0 Å². The summed E-state index contributed by atoms with van der Waals surface area (Å²) in [7, 11) is 1.39. The molecule has 5 heteroatoms. The highest BCUT2D eigenvalue weighted by molar-refractivity contribution is 4.95. The van der Waals surface area contributed by atoms with E-state index in [1.807, 2.05) is 0 Å². The molecule has 0 radical (unpaired) electrons. The van der Waals surface area contributed by atoms with Crippen molar-refractivity contribution < 1.29 is 24.8 Å². The van der Waals surface area contributed by atoms with Gasteiger partial charge in [0.2, 0.25) is 0 Å². The van der Waals surface area contributed by atoms with Gasteiger partial charge in [-0.1, -0.05) is 6.92 Å². The van der Waals surface area contributed by atoms with Crippen molar-refractivity contribution in [1.82, 2.24) is 0 Å². The minimum absolute atomic E-state index is 0.200. The lowest BCUT2D eigenvalue weighted by Gasteiger charge is -2.46. The first-order chi connectivity index (χ1) is 6.45. The van der Waals surface area contributed by atoms with Crippen LogP contribution in [0, 0.1) is 5.92 Å². The standard InChI is InChI=1S/C9H18O5/c1-5-6(4-10)14-8(13-3)9(2,12)7(5)11/h5-8,10-12H,4H2,1-3H3/t5-,6+,7-,8+,9-/m0/s1. The summed E-state index contributed by atoms with van der Waals surface area (Å²) in [5, 5.41) is 28.7. The second-order valence-electron chi connectivity index (χ2n) is 3.95. The Hall–Kier alpha value is -0.200. The summed E-state index contributed by atoms with van der Waals surface area (Å²) in [6.07, 6.45) is -2.39. The number of hydrogen-bond acceptors (Lipinski definition) is 5. The molecule has 84 valence electrons. The Kier molecular flexibility index (Phi) is 3.49. The summed E-state index contributed by atoms with van der Waals surface area (Å²) in [5.74, 6) is -0.332. The summed E-state index contributed by atoms with van der Waals surface area (Å²) in [4.78, 5) is 0. The summed E-state index contributed by atoms with van der Waals surface area (Å²) >= 11 is 0. The maximum Gasteiger partial charge on any atom is 0.188 e. The van der Waals surface area contributed by atoms with E-state index in [9.17, 15) is 10.2 Å². The maximum absolute atomic E-state index is 9.90. The predicted octanol–water partition coefficient (Wildman–Crippen LogP) is -0.902. The molecule has 1 fully saturated rings. The van der Waals surface area contributed by atoms with Gasteiger partial charge in [-0.2, -0.15) is 0 Å². The molecule has 0 aromatic heterocycles. The summed E-state index contributed by atoms with van der Waals surface area (Å²) in [5.41, 5.74) is -1.44. The Morgan fingerprint density at radius 3 is 2.50 bits per heavy atom. The highest BCUT2D eigenvalue weighted by atomic mass is 16.7. The number of hydrogen-bond donors (Lipinski definition) is 3. The van der Waals surface area contributed by atoms with Gasteiger partial charge in [0.1, 0.15) is 5.60 Å². The molecular formula is C9H18O5. The van der Waals surface area contributed by atoms with Crippen molar-refractivity contribution in [2.45, 2.75) is 37.9 Å². The molecule has 5 nitrogen and oxygen atoms in total. The first-order valence-electron chi connectivity index (χ1n) is 4.64. The molecule has 1 heterocycles.